The van der Waals surface area contributed by atoms with Gasteiger partial charge in [-0.2, -0.15) is 0 Å². The lowest BCUT2D eigenvalue weighted by Gasteiger charge is -2.36. The standard InChI is InChI=1S/C14H20ClNO2/c1-10-7-13(8-14(17)18-10)16(2)9-11-3-5-12(15)6-4-11/h3-6,10,13-14,17H,7-9H2,1-2H3. The van der Waals surface area contributed by atoms with Gasteiger partial charge in [0.15, 0.2) is 6.29 Å². The number of nitrogens with zero attached hydrogens (tertiary/aromatic N) is 1. The molecular formula is C14H20ClNO2. The van der Waals surface area contributed by atoms with E-state index in [0.29, 0.717) is 12.5 Å². The van der Waals surface area contributed by atoms with Gasteiger partial charge in [0.1, 0.15) is 0 Å². The molecule has 3 unspecified atom stereocenters. The second-order valence-electron chi connectivity index (χ2n) is 5.07. The molecule has 1 aromatic rings. The largest absolute Gasteiger partial charge is 0.368 e. The molecule has 2 rings (SSSR count). The Bertz CT molecular complexity index is 372. The summed E-state index contributed by atoms with van der Waals surface area (Å²) in [5.41, 5.74) is 1.23. The van der Waals surface area contributed by atoms with Gasteiger partial charge in [0.05, 0.1) is 6.10 Å². The Labute approximate surface area is 113 Å². The first-order chi connectivity index (χ1) is 8.54. The Hall–Kier alpha value is -0.610. The second-order valence-corrected chi connectivity index (χ2v) is 5.50. The van der Waals surface area contributed by atoms with Crippen molar-refractivity contribution in [1.29, 1.82) is 0 Å². The van der Waals surface area contributed by atoms with Crippen LogP contribution in [-0.2, 0) is 11.3 Å². The predicted molar refractivity (Wildman–Crippen MR) is 72.5 cm³/mol. The Morgan fingerprint density at radius 2 is 2.00 bits per heavy atom. The highest BCUT2D eigenvalue weighted by Crippen LogP contribution is 2.23. The van der Waals surface area contributed by atoms with Gasteiger partial charge in [-0.05, 0) is 38.1 Å². The van der Waals surface area contributed by atoms with Crippen LogP contribution in [0.25, 0.3) is 0 Å². The number of benzene rings is 1. The van der Waals surface area contributed by atoms with Crippen LogP contribution in [0.3, 0.4) is 0 Å². The molecule has 100 valence electrons. The summed E-state index contributed by atoms with van der Waals surface area (Å²) < 4.78 is 5.34. The molecule has 1 fully saturated rings. The van der Waals surface area contributed by atoms with Crippen molar-refractivity contribution in [3.8, 4) is 0 Å². The fourth-order valence-electron chi connectivity index (χ4n) is 2.46. The van der Waals surface area contributed by atoms with Crippen LogP contribution in [0, 0.1) is 0 Å². The number of aliphatic hydroxyl groups is 1. The van der Waals surface area contributed by atoms with Gasteiger partial charge in [0.25, 0.3) is 0 Å². The molecule has 0 saturated carbocycles. The maximum atomic E-state index is 9.64. The van der Waals surface area contributed by atoms with Crippen molar-refractivity contribution < 1.29 is 9.84 Å². The molecule has 3 atom stereocenters. The molecule has 1 aliphatic heterocycles. The molecule has 1 saturated heterocycles. The predicted octanol–water partition coefficient (Wildman–Crippen LogP) is 2.66. The van der Waals surface area contributed by atoms with Crippen LogP contribution >= 0.6 is 11.6 Å². The normalized spacial score (nSPS) is 28.6. The first-order valence-electron chi connectivity index (χ1n) is 6.33. The first kappa shape index (κ1) is 13.8. The Kier molecular flexibility index (Phi) is 4.62. The maximum Gasteiger partial charge on any atom is 0.156 e. The minimum atomic E-state index is -0.633. The maximum absolute atomic E-state index is 9.64. The molecule has 0 bridgehead atoms. The van der Waals surface area contributed by atoms with Crippen molar-refractivity contribution in [2.75, 3.05) is 7.05 Å². The zero-order valence-corrected chi connectivity index (χ0v) is 11.6. The third kappa shape index (κ3) is 3.69. The van der Waals surface area contributed by atoms with Gasteiger partial charge < -0.3 is 9.84 Å². The Morgan fingerprint density at radius 1 is 1.33 bits per heavy atom. The highest BCUT2D eigenvalue weighted by Gasteiger charge is 2.28. The number of hydrogen-bond donors (Lipinski definition) is 1. The summed E-state index contributed by atoms with van der Waals surface area (Å²) >= 11 is 5.87. The molecule has 0 aliphatic carbocycles. The topological polar surface area (TPSA) is 32.7 Å². The van der Waals surface area contributed by atoms with Gasteiger partial charge in [0, 0.05) is 24.0 Å². The first-order valence-corrected chi connectivity index (χ1v) is 6.70. The molecule has 1 heterocycles. The molecule has 18 heavy (non-hydrogen) atoms. The van der Waals surface area contributed by atoms with Crippen LogP contribution < -0.4 is 0 Å². The molecule has 0 aromatic heterocycles. The lowest BCUT2D eigenvalue weighted by molar-refractivity contribution is -0.174. The highest BCUT2D eigenvalue weighted by molar-refractivity contribution is 6.30. The summed E-state index contributed by atoms with van der Waals surface area (Å²) in [6.07, 6.45) is 1.12. The molecule has 3 nitrogen and oxygen atoms in total. The van der Waals surface area contributed by atoms with Crippen LogP contribution in [0.2, 0.25) is 5.02 Å². The van der Waals surface area contributed by atoms with E-state index >= 15 is 0 Å². The van der Waals surface area contributed by atoms with Crippen LogP contribution in [0.15, 0.2) is 24.3 Å². The van der Waals surface area contributed by atoms with E-state index in [1.807, 2.05) is 31.2 Å². The number of rotatable bonds is 3. The number of hydrogen-bond acceptors (Lipinski definition) is 3. The van der Waals surface area contributed by atoms with E-state index in [1.54, 1.807) is 0 Å². The van der Waals surface area contributed by atoms with E-state index in [2.05, 4.69) is 11.9 Å². The minimum absolute atomic E-state index is 0.117. The molecule has 0 amide bonds. The van der Waals surface area contributed by atoms with Crippen molar-refractivity contribution >= 4 is 11.6 Å². The summed E-state index contributed by atoms with van der Waals surface area (Å²) in [4.78, 5) is 2.27. The zero-order valence-electron chi connectivity index (χ0n) is 10.8. The number of halogens is 1. The van der Waals surface area contributed by atoms with E-state index in [1.165, 1.54) is 5.56 Å². The minimum Gasteiger partial charge on any atom is -0.368 e. The van der Waals surface area contributed by atoms with Crippen molar-refractivity contribution in [3.63, 3.8) is 0 Å². The van der Waals surface area contributed by atoms with Crippen molar-refractivity contribution in [3.05, 3.63) is 34.9 Å². The quantitative estimate of drug-likeness (QED) is 0.916. The molecule has 1 N–H and O–H groups in total. The third-order valence-electron chi connectivity index (χ3n) is 3.44. The van der Waals surface area contributed by atoms with Crippen molar-refractivity contribution in [2.45, 2.75) is 44.7 Å². The van der Waals surface area contributed by atoms with Gasteiger partial charge in [0.2, 0.25) is 0 Å². The summed E-state index contributed by atoms with van der Waals surface area (Å²) in [5, 5.41) is 10.4. The summed E-state index contributed by atoms with van der Waals surface area (Å²) in [6.45, 7) is 2.87. The van der Waals surface area contributed by atoms with Gasteiger partial charge >= 0.3 is 0 Å². The molecule has 1 aliphatic rings. The summed E-state index contributed by atoms with van der Waals surface area (Å²) in [6, 6.07) is 8.26. The number of ether oxygens (including phenoxy) is 1. The molecule has 4 heteroatoms. The Balaban J connectivity index is 1.94. The average molecular weight is 270 g/mol. The summed E-state index contributed by atoms with van der Waals surface area (Å²) in [5.74, 6) is 0. The fraction of sp³-hybridized carbons (Fsp3) is 0.571. The van der Waals surface area contributed by atoms with Gasteiger partial charge in [-0.3, -0.25) is 4.90 Å². The van der Waals surface area contributed by atoms with E-state index < -0.39 is 6.29 Å². The average Bonchev–Trinajstić information content (AvgIpc) is 2.31. The third-order valence-corrected chi connectivity index (χ3v) is 3.69. The van der Waals surface area contributed by atoms with Crippen LogP contribution in [0.1, 0.15) is 25.3 Å². The molecule has 0 spiro atoms. The van der Waals surface area contributed by atoms with Crippen molar-refractivity contribution in [2.24, 2.45) is 0 Å². The molecular weight excluding hydrogens is 250 g/mol. The van der Waals surface area contributed by atoms with Crippen LogP contribution in [-0.4, -0.2) is 35.5 Å². The molecule has 1 aromatic carbocycles. The van der Waals surface area contributed by atoms with Crippen molar-refractivity contribution in [1.82, 2.24) is 4.90 Å². The molecule has 0 radical (unpaired) electrons. The lowest BCUT2D eigenvalue weighted by atomic mass is 10.0. The van der Waals surface area contributed by atoms with Crippen LogP contribution in [0.4, 0.5) is 0 Å². The monoisotopic (exact) mass is 269 g/mol. The van der Waals surface area contributed by atoms with Gasteiger partial charge in [-0.15, -0.1) is 0 Å². The van der Waals surface area contributed by atoms with E-state index in [-0.39, 0.29) is 6.10 Å². The van der Waals surface area contributed by atoms with Crippen LogP contribution in [0.5, 0.6) is 0 Å². The smallest absolute Gasteiger partial charge is 0.156 e. The summed E-state index contributed by atoms with van der Waals surface area (Å²) in [7, 11) is 2.09. The Morgan fingerprint density at radius 3 is 2.61 bits per heavy atom. The highest BCUT2D eigenvalue weighted by atomic mass is 35.5. The fourth-order valence-corrected chi connectivity index (χ4v) is 2.58. The van der Waals surface area contributed by atoms with E-state index in [0.717, 1.165) is 18.0 Å². The second kappa shape index (κ2) is 6.02. The lowest BCUT2D eigenvalue weighted by Crippen LogP contribution is -2.42. The van der Waals surface area contributed by atoms with Gasteiger partial charge in [-0.1, -0.05) is 23.7 Å². The SMILES string of the molecule is CC1CC(N(C)Cc2ccc(Cl)cc2)CC(O)O1. The van der Waals surface area contributed by atoms with E-state index in [4.69, 9.17) is 16.3 Å². The zero-order chi connectivity index (χ0) is 13.1. The van der Waals surface area contributed by atoms with E-state index in [9.17, 15) is 5.11 Å². The number of aliphatic hydroxyl groups excluding tert-OH is 1. The van der Waals surface area contributed by atoms with Gasteiger partial charge in [-0.25, -0.2) is 0 Å².